The maximum Gasteiger partial charge on any atom is 0.142 e. The second-order valence-corrected chi connectivity index (χ2v) is 44.8. The van der Waals surface area contributed by atoms with Crippen molar-refractivity contribution in [3.05, 3.63) is 104 Å². The lowest BCUT2D eigenvalue weighted by Gasteiger charge is -2.56. The molecule has 16 aliphatic rings. The van der Waals surface area contributed by atoms with Crippen LogP contribution in [-0.2, 0) is 38.4 Å². The smallest absolute Gasteiger partial charge is 0.142 e. The number of fused-ring (bicyclic) bond motifs is 20. The fourth-order valence-electron chi connectivity index (χ4n) is 33.2. The standard InChI is InChI=1S/C26H37NO2.C26H39NO2.2C25H36N2O2/c1-25(29)12-10-19-17(16-25)6-7-21-20(19)11-13-26(2)22(21)8-9-23(26)24(28)15-18-5-3-4-14-27-18;1-5-27-16-17(2)14-24(28)23-9-8-22-21-7-6-18-15-25(3,29)12-10-19(18)20(21)11-13-26(22,23)4;1-24(29)10-7-18-16(14-24)3-4-20-19(18)8-11-25(2)21(20)5-6-22(25)23(28)13-17-9-12-26-15-27-17;1-24(29)9-7-18-16(14-24)3-4-20-19(18)8-10-25(2)21(20)5-6-22(25)23(28)13-17-15-26-11-12-27-17/h3-5,14,17,19-23,29H,6-13,15-16H2,1-2H3;5,16,18-23,29H,1-2,6-15H2,3-4H3;9,12,15-16,18-22,29H,3-8,10-11,13-14H2,1-2H3;11-12,15-16,18-22,29H,3-10,13-14H2,1-2H3/t17-,19+,20-,21-,22+,23-,25-,26+;18-,19+,20-,21-,22+,23-,25-,26+;2*16-,18+,19-,20-,21+,22-,24-,25+/m1111/s1. The third-order valence-corrected chi connectivity index (χ3v) is 38.3. The molecule has 0 unspecified atom stereocenters. The maximum absolute atomic E-state index is 13.3. The van der Waals surface area contributed by atoms with Gasteiger partial charge in [0.2, 0.25) is 0 Å². The Hall–Kier alpha value is -5.02. The topological polar surface area (TPSA) is 226 Å². The van der Waals surface area contributed by atoms with Crippen LogP contribution in [0.1, 0.15) is 310 Å². The molecule has 16 fully saturated rings. The van der Waals surface area contributed by atoms with Gasteiger partial charge in [-0.25, -0.2) is 9.97 Å². The molecule has 0 amide bonds. The first-order valence-corrected chi connectivity index (χ1v) is 47.6. The third kappa shape index (κ3) is 16.8. The molecule has 32 atom stereocenters. The number of nitrogens with zero attached hydrogens (tertiary/aromatic N) is 6. The van der Waals surface area contributed by atoms with Crippen molar-refractivity contribution in [1.82, 2.24) is 24.9 Å². The number of hydrogen-bond donors (Lipinski definition) is 4. The molecule has 19 rings (SSSR count). The largest absolute Gasteiger partial charge is 0.390 e. The molecule has 3 aromatic rings. The molecule has 0 radical (unpaired) electrons. The van der Waals surface area contributed by atoms with Gasteiger partial charge in [0.05, 0.1) is 40.2 Å². The Morgan fingerprint density at radius 2 is 0.716 bits per heavy atom. The van der Waals surface area contributed by atoms with Crippen molar-refractivity contribution in [3.8, 4) is 0 Å². The summed E-state index contributed by atoms with van der Waals surface area (Å²) in [5.74, 6) is 17.9. The number of aliphatic imine (C=N–C) groups is 1. The highest BCUT2D eigenvalue weighted by atomic mass is 16.3. The number of pyridine rings is 1. The first-order valence-electron chi connectivity index (χ1n) is 47.6. The van der Waals surface area contributed by atoms with Crippen LogP contribution in [-0.4, -0.2) is 97.1 Å². The molecule has 3 heterocycles. The Morgan fingerprint density at radius 3 is 1.04 bits per heavy atom. The predicted molar refractivity (Wildman–Crippen MR) is 457 cm³/mol. The number of carbonyl (C=O) groups is 4. The van der Waals surface area contributed by atoms with Crippen LogP contribution in [0.25, 0.3) is 0 Å². The highest BCUT2D eigenvalue weighted by molar-refractivity contribution is 5.92. The monoisotopic (exact) mass is 1590 g/mol. The van der Waals surface area contributed by atoms with Gasteiger partial charge >= 0.3 is 0 Å². The number of Topliss-reactive ketones (excluding diaryl/α,β-unsaturated/α-hetero) is 4. The molecule has 3 aromatic heterocycles. The molecule has 4 N–H and O–H groups in total. The summed E-state index contributed by atoms with van der Waals surface area (Å²) < 4.78 is 0. The maximum atomic E-state index is 13.3. The average molecular weight is 1590 g/mol. The SMILES string of the molecule is C=CN=CC(=C)CC(=O)[C@H]1CC[C@H]2[C@@H]3CC[C@@H]4C[C@](C)(O)CC[C@@H]4[C@H]3CC[C@]12C.C[C@@]1(O)CC[C@H]2[C@H](CC[C@@H]3[C@@H]2CC[C@]2(C)[C@@H](C(=O)Cc4ccccn4)CC[C@@H]32)C1.C[C@@]1(O)CC[C@H]2[C@H](CC[C@@H]3[C@@H]2CC[C@]2(C)[C@@H](C(=O)Cc4ccncn4)CC[C@@H]32)C1.C[C@@]1(O)CC[C@H]2[C@H](CC[C@@H]3[C@@H]2CC[C@]2(C)[C@@H](C(=O)Cc4cnccn4)CC[C@@H]32)C1. The second kappa shape index (κ2) is 33.7. The average Bonchev–Trinajstić information content (AvgIpc) is 1.51. The van der Waals surface area contributed by atoms with E-state index in [0.29, 0.717) is 66.6 Å². The summed E-state index contributed by atoms with van der Waals surface area (Å²) in [6, 6.07) is 7.77. The van der Waals surface area contributed by atoms with Gasteiger partial charge in [-0.05, 0) is 423 Å². The Kier molecular flexibility index (Phi) is 24.5. The minimum atomic E-state index is -0.445. The van der Waals surface area contributed by atoms with Crippen LogP contribution in [0.2, 0.25) is 0 Å². The number of allylic oxidation sites excluding steroid dienone is 1. The van der Waals surface area contributed by atoms with Crippen molar-refractivity contribution >= 4 is 29.3 Å². The van der Waals surface area contributed by atoms with Crippen molar-refractivity contribution < 1.29 is 39.6 Å². The molecule has 14 nitrogen and oxygen atoms in total. The van der Waals surface area contributed by atoms with E-state index >= 15 is 0 Å². The normalized spacial score (nSPS) is 46.5. The first-order chi connectivity index (χ1) is 55.4. The lowest BCUT2D eigenvalue weighted by atomic mass is 9.49. The van der Waals surface area contributed by atoms with Gasteiger partial charge in [-0.15, -0.1) is 0 Å². The van der Waals surface area contributed by atoms with E-state index in [4.69, 9.17) is 0 Å². The number of carbonyl (C=O) groups excluding carboxylic acids is 4. The number of ketones is 4. The lowest BCUT2D eigenvalue weighted by molar-refractivity contribution is -0.132. The van der Waals surface area contributed by atoms with Crippen molar-refractivity contribution in [2.75, 3.05) is 0 Å². The fraction of sp³-hybridized carbons (Fsp3) is 0.784. The van der Waals surface area contributed by atoms with Gasteiger partial charge in [0.1, 0.15) is 29.5 Å². The minimum absolute atomic E-state index is 0.168. The lowest BCUT2D eigenvalue weighted by Crippen LogP contribution is -2.51. The first kappa shape index (κ1) is 84.6. The molecule has 0 aromatic carbocycles. The third-order valence-electron chi connectivity index (χ3n) is 38.3. The quantitative estimate of drug-likeness (QED) is 0.110. The zero-order valence-electron chi connectivity index (χ0n) is 72.6. The van der Waals surface area contributed by atoms with E-state index in [1.165, 1.54) is 160 Å². The number of aromatic nitrogens is 5. The summed E-state index contributed by atoms with van der Waals surface area (Å²) in [5, 5.41) is 42.3. The molecule has 634 valence electrons. The zero-order valence-corrected chi connectivity index (χ0v) is 72.6. The van der Waals surface area contributed by atoms with E-state index in [2.05, 4.69) is 70.8 Å². The van der Waals surface area contributed by atoms with Crippen LogP contribution in [0.15, 0.2) is 91.5 Å². The molecular weight excluding hydrogens is 1440 g/mol. The van der Waals surface area contributed by atoms with Gasteiger partial charge < -0.3 is 20.4 Å². The van der Waals surface area contributed by atoms with E-state index in [-0.39, 0.29) is 45.3 Å². The number of hydrogen-bond acceptors (Lipinski definition) is 14. The second-order valence-electron chi connectivity index (χ2n) is 44.8. The van der Waals surface area contributed by atoms with Gasteiger partial charge in [0.15, 0.2) is 0 Å². The molecule has 16 saturated carbocycles. The Morgan fingerprint density at radius 1 is 0.371 bits per heavy atom. The minimum Gasteiger partial charge on any atom is -0.390 e. The summed E-state index contributed by atoms with van der Waals surface area (Å²) in [6.07, 6.45) is 57.5. The van der Waals surface area contributed by atoms with Gasteiger partial charge in [-0.2, -0.15) is 0 Å². The van der Waals surface area contributed by atoms with Crippen LogP contribution in [0, 0.1) is 164 Å². The van der Waals surface area contributed by atoms with E-state index in [1.54, 1.807) is 43.5 Å². The highest BCUT2D eigenvalue weighted by Gasteiger charge is 2.64. The summed E-state index contributed by atoms with van der Waals surface area (Å²) in [5.41, 5.74) is 2.34. The van der Waals surface area contributed by atoms with Gasteiger partial charge in [-0.1, -0.05) is 46.9 Å². The van der Waals surface area contributed by atoms with Crippen molar-refractivity contribution in [2.24, 2.45) is 169 Å². The Balaban J connectivity index is 0.000000116. The number of rotatable bonds is 14. The van der Waals surface area contributed by atoms with Gasteiger partial charge in [0.25, 0.3) is 0 Å². The Bertz CT molecular complexity index is 3700. The molecule has 14 heteroatoms. The fourth-order valence-corrected chi connectivity index (χ4v) is 33.2. The van der Waals surface area contributed by atoms with Crippen molar-refractivity contribution in [2.45, 2.75) is 335 Å². The van der Waals surface area contributed by atoms with E-state index in [1.807, 2.05) is 52.0 Å². The van der Waals surface area contributed by atoms with Crippen LogP contribution < -0.4 is 0 Å². The van der Waals surface area contributed by atoms with Gasteiger partial charge in [0, 0.05) is 92.0 Å². The van der Waals surface area contributed by atoms with Crippen LogP contribution >= 0.6 is 0 Å². The van der Waals surface area contributed by atoms with E-state index in [9.17, 15) is 39.6 Å². The van der Waals surface area contributed by atoms with E-state index in [0.717, 1.165) is 200 Å². The predicted octanol–water partition coefficient (Wildman–Crippen LogP) is 20.2. The molecular formula is C102H148N6O8. The molecule has 16 aliphatic carbocycles. The summed E-state index contributed by atoms with van der Waals surface area (Å²) in [4.78, 5) is 78.1. The molecule has 0 bridgehead atoms. The molecule has 0 aliphatic heterocycles. The van der Waals surface area contributed by atoms with Crippen LogP contribution in [0.5, 0.6) is 0 Å². The molecule has 0 spiro atoms. The van der Waals surface area contributed by atoms with Gasteiger partial charge in [-0.3, -0.25) is 39.1 Å². The van der Waals surface area contributed by atoms with Crippen molar-refractivity contribution in [3.63, 3.8) is 0 Å². The summed E-state index contributed by atoms with van der Waals surface area (Å²) in [7, 11) is 0. The summed E-state index contributed by atoms with van der Waals surface area (Å²) in [6.45, 7) is 25.5. The Labute approximate surface area is 696 Å². The van der Waals surface area contributed by atoms with Crippen LogP contribution in [0.4, 0.5) is 0 Å². The van der Waals surface area contributed by atoms with Crippen molar-refractivity contribution in [1.29, 1.82) is 0 Å². The summed E-state index contributed by atoms with van der Waals surface area (Å²) >= 11 is 0. The zero-order chi connectivity index (χ0) is 81.5. The molecule has 116 heavy (non-hydrogen) atoms. The number of aliphatic hydroxyl groups is 4. The molecule has 0 saturated heterocycles. The highest BCUT2D eigenvalue weighted by Crippen LogP contribution is 2.70. The van der Waals surface area contributed by atoms with Crippen LogP contribution in [0.3, 0.4) is 0 Å². The van der Waals surface area contributed by atoms with E-state index < -0.39 is 22.4 Å².